The van der Waals surface area contributed by atoms with Gasteiger partial charge in [0.2, 0.25) is 5.91 Å². The number of benzene rings is 2. The first-order chi connectivity index (χ1) is 19.3. The van der Waals surface area contributed by atoms with Gasteiger partial charge in [0.25, 0.3) is 11.8 Å². The molecule has 206 valence electrons. The number of hydrogen-bond acceptors (Lipinski definition) is 6. The van der Waals surface area contributed by atoms with Crippen LogP contribution in [0.4, 0.5) is 4.79 Å². The van der Waals surface area contributed by atoms with Gasteiger partial charge < -0.3 is 5.32 Å². The van der Waals surface area contributed by atoms with E-state index in [9.17, 15) is 19.2 Å². The number of carbonyl (C=O) groups excluding carboxylic acids is 4. The third-order valence-corrected chi connectivity index (χ3v) is 6.96. The largest absolute Gasteiger partial charge is 0.352 e. The number of hydrazine groups is 2. The van der Waals surface area contributed by atoms with E-state index in [1.165, 1.54) is 11.3 Å². The minimum absolute atomic E-state index is 0.0214. The van der Waals surface area contributed by atoms with Crippen molar-refractivity contribution in [2.75, 3.05) is 0 Å². The van der Waals surface area contributed by atoms with Crippen molar-refractivity contribution in [3.05, 3.63) is 89.4 Å². The van der Waals surface area contributed by atoms with Crippen LogP contribution in [0.3, 0.4) is 0 Å². The standard InChI is InChI=1S/C29H30N6O4S/c1-18(2)14-23(31-28(38)25-17-21-9-3-4-12-24(21)40-25)27(37)33-35-29(39)34-32-26(36)16-19-8-7-10-20(15-19)22-11-5-6-13-30-22/h3-13,15,17-18,23H,14,16H2,1-2H3,(H,31,38)(H,32,36)(H,33,37)(H2,34,35,39)/t23-/m0/s1. The van der Waals surface area contributed by atoms with Gasteiger partial charge in [-0.3, -0.25) is 30.2 Å². The Kier molecular flexibility index (Phi) is 9.42. The maximum atomic E-state index is 12.8. The topological polar surface area (TPSA) is 141 Å². The van der Waals surface area contributed by atoms with Crippen molar-refractivity contribution in [3.8, 4) is 11.3 Å². The summed E-state index contributed by atoms with van der Waals surface area (Å²) in [5.74, 6) is -1.31. The van der Waals surface area contributed by atoms with Gasteiger partial charge in [-0.2, -0.15) is 0 Å². The molecule has 4 rings (SSSR count). The Labute approximate surface area is 235 Å². The van der Waals surface area contributed by atoms with E-state index in [0.717, 1.165) is 26.9 Å². The van der Waals surface area contributed by atoms with Gasteiger partial charge in [0.15, 0.2) is 0 Å². The number of nitrogens with one attached hydrogen (secondary N) is 5. The van der Waals surface area contributed by atoms with Crippen LogP contribution in [0, 0.1) is 5.92 Å². The van der Waals surface area contributed by atoms with Crippen LogP contribution in [0.2, 0.25) is 0 Å². The summed E-state index contributed by atoms with van der Waals surface area (Å²) in [6.07, 6.45) is 2.08. The summed E-state index contributed by atoms with van der Waals surface area (Å²) < 4.78 is 0.971. The predicted octanol–water partition coefficient (Wildman–Crippen LogP) is 3.71. The normalized spacial score (nSPS) is 11.5. The van der Waals surface area contributed by atoms with Crippen molar-refractivity contribution in [1.82, 2.24) is 32.0 Å². The lowest BCUT2D eigenvalue weighted by Crippen LogP contribution is -2.56. The lowest BCUT2D eigenvalue weighted by molar-refractivity contribution is -0.124. The number of amides is 5. The van der Waals surface area contributed by atoms with E-state index in [1.807, 2.05) is 74.5 Å². The maximum Gasteiger partial charge on any atom is 0.352 e. The molecule has 2 heterocycles. The average Bonchev–Trinajstić information content (AvgIpc) is 3.39. The van der Waals surface area contributed by atoms with E-state index in [4.69, 9.17) is 0 Å². The summed E-state index contributed by atoms with van der Waals surface area (Å²) in [5, 5.41) is 3.70. The molecule has 40 heavy (non-hydrogen) atoms. The molecular weight excluding hydrogens is 528 g/mol. The predicted molar refractivity (Wildman–Crippen MR) is 154 cm³/mol. The first-order valence-corrected chi connectivity index (χ1v) is 13.5. The fraction of sp³-hybridized carbons (Fsp3) is 0.207. The number of carbonyl (C=O) groups is 4. The SMILES string of the molecule is CC(C)C[C@H](NC(=O)c1cc2ccccc2s1)C(=O)NNC(=O)NNC(=O)Cc1cccc(-c2ccccn2)c1. The van der Waals surface area contributed by atoms with Crippen LogP contribution in [0.1, 0.15) is 35.5 Å². The van der Waals surface area contributed by atoms with Gasteiger partial charge in [-0.25, -0.2) is 15.6 Å². The highest BCUT2D eigenvalue weighted by atomic mass is 32.1. The molecule has 4 aromatic rings. The van der Waals surface area contributed by atoms with Crippen molar-refractivity contribution in [3.63, 3.8) is 0 Å². The zero-order valence-corrected chi connectivity index (χ0v) is 22.9. The third kappa shape index (κ3) is 7.87. The number of pyridine rings is 1. The molecular formula is C29H30N6O4S. The van der Waals surface area contributed by atoms with E-state index in [0.29, 0.717) is 11.3 Å². The first-order valence-electron chi connectivity index (χ1n) is 12.7. The van der Waals surface area contributed by atoms with E-state index in [2.05, 4.69) is 32.0 Å². The Hall–Kier alpha value is -4.77. The van der Waals surface area contributed by atoms with Gasteiger partial charge in [-0.15, -0.1) is 11.3 Å². The minimum Gasteiger partial charge on any atom is -0.339 e. The van der Waals surface area contributed by atoms with Gasteiger partial charge in [-0.05, 0) is 53.6 Å². The van der Waals surface area contributed by atoms with Gasteiger partial charge >= 0.3 is 6.03 Å². The number of hydrogen-bond donors (Lipinski definition) is 5. The third-order valence-electron chi connectivity index (χ3n) is 5.85. The summed E-state index contributed by atoms with van der Waals surface area (Å²) in [6.45, 7) is 3.85. The average molecular weight is 559 g/mol. The fourth-order valence-electron chi connectivity index (χ4n) is 3.99. The van der Waals surface area contributed by atoms with Crippen LogP contribution < -0.4 is 27.0 Å². The molecule has 0 radical (unpaired) electrons. The molecule has 0 aliphatic heterocycles. The first kappa shape index (κ1) is 28.2. The molecule has 1 atom stereocenters. The summed E-state index contributed by atoms with van der Waals surface area (Å²) in [7, 11) is 0. The van der Waals surface area contributed by atoms with Crippen molar-refractivity contribution in [2.24, 2.45) is 5.92 Å². The lowest BCUT2D eigenvalue weighted by Gasteiger charge is -2.20. The molecule has 5 N–H and O–H groups in total. The highest BCUT2D eigenvalue weighted by molar-refractivity contribution is 7.20. The smallest absolute Gasteiger partial charge is 0.339 e. The van der Waals surface area contributed by atoms with E-state index in [-0.39, 0.29) is 18.2 Å². The summed E-state index contributed by atoms with van der Waals surface area (Å²) in [5.41, 5.74) is 11.4. The maximum absolute atomic E-state index is 12.8. The fourth-order valence-corrected chi connectivity index (χ4v) is 4.96. The van der Waals surface area contributed by atoms with Gasteiger partial charge in [0, 0.05) is 16.5 Å². The second-order valence-corrected chi connectivity index (χ2v) is 10.6. The van der Waals surface area contributed by atoms with Crippen molar-refractivity contribution >= 4 is 45.2 Å². The molecule has 2 aromatic carbocycles. The summed E-state index contributed by atoms with van der Waals surface area (Å²) in [6, 6.07) is 20.7. The molecule has 0 saturated carbocycles. The molecule has 0 aliphatic rings. The molecule has 0 bridgehead atoms. The second-order valence-electron chi connectivity index (χ2n) is 9.51. The monoisotopic (exact) mass is 558 g/mol. The van der Waals surface area contributed by atoms with Gasteiger partial charge in [-0.1, -0.05) is 56.3 Å². The Bertz CT molecular complexity index is 1470. The Balaban J connectivity index is 1.25. The second kappa shape index (κ2) is 13.3. The van der Waals surface area contributed by atoms with Crippen molar-refractivity contribution in [1.29, 1.82) is 0 Å². The van der Waals surface area contributed by atoms with Crippen molar-refractivity contribution < 1.29 is 19.2 Å². The zero-order chi connectivity index (χ0) is 28.5. The number of urea groups is 1. The van der Waals surface area contributed by atoms with E-state index in [1.54, 1.807) is 18.3 Å². The van der Waals surface area contributed by atoms with Crippen LogP contribution in [0.25, 0.3) is 21.3 Å². The molecule has 2 aromatic heterocycles. The molecule has 11 heteroatoms. The molecule has 0 aliphatic carbocycles. The van der Waals surface area contributed by atoms with Crippen LogP contribution in [-0.2, 0) is 16.0 Å². The van der Waals surface area contributed by atoms with Gasteiger partial charge in [0.1, 0.15) is 6.04 Å². The summed E-state index contributed by atoms with van der Waals surface area (Å²) >= 11 is 1.34. The molecule has 0 saturated heterocycles. The number of nitrogens with zero attached hydrogens (tertiary/aromatic N) is 1. The number of rotatable bonds is 8. The Morgan fingerprint density at radius 3 is 2.38 bits per heavy atom. The molecule has 5 amide bonds. The number of fused-ring (bicyclic) bond motifs is 1. The number of aromatic nitrogens is 1. The molecule has 0 unspecified atom stereocenters. The quantitative estimate of drug-likeness (QED) is 0.210. The highest BCUT2D eigenvalue weighted by Crippen LogP contribution is 2.25. The van der Waals surface area contributed by atoms with Crippen LogP contribution in [-0.4, -0.2) is 34.8 Å². The number of thiophene rings is 1. The Morgan fingerprint density at radius 1 is 0.850 bits per heavy atom. The van der Waals surface area contributed by atoms with Crippen LogP contribution in [0.5, 0.6) is 0 Å². The molecule has 10 nitrogen and oxygen atoms in total. The van der Waals surface area contributed by atoms with E-state index >= 15 is 0 Å². The Morgan fingerprint density at radius 2 is 1.62 bits per heavy atom. The zero-order valence-electron chi connectivity index (χ0n) is 22.1. The highest BCUT2D eigenvalue weighted by Gasteiger charge is 2.24. The van der Waals surface area contributed by atoms with Crippen LogP contribution >= 0.6 is 11.3 Å². The van der Waals surface area contributed by atoms with Gasteiger partial charge in [0.05, 0.1) is 17.0 Å². The molecule has 0 fully saturated rings. The van der Waals surface area contributed by atoms with E-state index < -0.39 is 23.9 Å². The lowest BCUT2D eigenvalue weighted by atomic mass is 10.0. The summed E-state index contributed by atoms with van der Waals surface area (Å²) in [4.78, 5) is 55.0. The molecule has 0 spiro atoms. The van der Waals surface area contributed by atoms with Crippen LogP contribution in [0.15, 0.2) is 79.0 Å². The van der Waals surface area contributed by atoms with Crippen molar-refractivity contribution in [2.45, 2.75) is 32.7 Å². The minimum atomic E-state index is -0.876.